The van der Waals surface area contributed by atoms with Crippen molar-refractivity contribution in [2.75, 3.05) is 7.11 Å². The Hall–Kier alpha value is -0.380. The van der Waals surface area contributed by atoms with Gasteiger partial charge in [0.2, 0.25) is 0 Å². The Morgan fingerprint density at radius 3 is 2.67 bits per heavy atom. The second-order valence-electron chi connectivity index (χ2n) is 5.90. The molecule has 0 spiro atoms. The zero-order valence-electron chi connectivity index (χ0n) is 11.7. The van der Waals surface area contributed by atoms with Gasteiger partial charge >= 0.3 is 0 Å². The molecule has 1 saturated carbocycles. The van der Waals surface area contributed by atoms with E-state index in [0.717, 1.165) is 6.42 Å². The van der Waals surface area contributed by atoms with Crippen LogP contribution >= 0.6 is 0 Å². The van der Waals surface area contributed by atoms with E-state index in [9.17, 15) is 0 Å². The molecule has 2 aliphatic carbocycles. The lowest BCUT2D eigenvalue weighted by molar-refractivity contribution is -0.0816. The van der Waals surface area contributed by atoms with Crippen molar-refractivity contribution in [2.24, 2.45) is 5.84 Å². The summed E-state index contributed by atoms with van der Waals surface area (Å²) < 4.78 is 5.73. The summed E-state index contributed by atoms with van der Waals surface area (Å²) in [5.41, 5.74) is 4.64. The molecule has 0 heterocycles. The molecule has 0 aromatic heterocycles. The average Bonchev–Trinajstić information content (AvgIpc) is 2.30. The van der Waals surface area contributed by atoms with Crippen LogP contribution in [0.15, 0.2) is 11.6 Å². The van der Waals surface area contributed by atoms with Gasteiger partial charge in [-0.2, -0.15) is 0 Å². The molecular weight excluding hydrogens is 224 g/mol. The number of nitrogens with one attached hydrogen (secondary N) is 1. The topological polar surface area (TPSA) is 47.3 Å². The van der Waals surface area contributed by atoms with Crippen molar-refractivity contribution >= 4 is 0 Å². The third kappa shape index (κ3) is 3.34. The maximum Gasteiger partial charge on any atom is 0.0697 e. The first-order chi connectivity index (χ1) is 8.79. The molecule has 0 amide bonds. The molecule has 104 valence electrons. The van der Waals surface area contributed by atoms with Crippen LogP contribution in [-0.2, 0) is 4.74 Å². The molecule has 3 heteroatoms. The van der Waals surface area contributed by atoms with Gasteiger partial charge in [0, 0.05) is 13.2 Å². The van der Waals surface area contributed by atoms with Crippen LogP contribution in [0, 0.1) is 0 Å². The molecule has 1 atom stereocenters. The zero-order valence-corrected chi connectivity index (χ0v) is 11.7. The minimum absolute atomic E-state index is 0.0975. The first kappa shape index (κ1) is 14.0. The van der Waals surface area contributed by atoms with Crippen molar-refractivity contribution < 1.29 is 4.74 Å². The number of rotatable bonds is 5. The summed E-state index contributed by atoms with van der Waals surface area (Å²) in [4.78, 5) is 0. The summed E-state index contributed by atoms with van der Waals surface area (Å²) in [5, 5.41) is 0. The van der Waals surface area contributed by atoms with Crippen LogP contribution in [0.4, 0.5) is 0 Å². The fraction of sp³-hybridized carbons (Fsp3) is 0.867. The van der Waals surface area contributed by atoms with E-state index in [1.807, 2.05) is 7.11 Å². The minimum Gasteiger partial charge on any atom is -0.378 e. The maximum atomic E-state index is 5.79. The van der Waals surface area contributed by atoms with Gasteiger partial charge in [-0.3, -0.25) is 11.3 Å². The van der Waals surface area contributed by atoms with Gasteiger partial charge in [-0.15, -0.1) is 0 Å². The fourth-order valence-electron chi connectivity index (χ4n) is 3.26. The number of hydrogen-bond donors (Lipinski definition) is 2. The van der Waals surface area contributed by atoms with Gasteiger partial charge in [-0.05, 0) is 51.4 Å². The largest absolute Gasteiger partial charge is 0.378 e. The molecule has 3 nitrogen and oxygen atoms in total. The van der Waals surface area contributed by atoms with E-state index in [1.165, 1.54) is 63.4 Å². The van der Waals surface area contributed by atoms with E-state index < -0.39 is 0 Å². The van der Waals surface area contributed by atoms with Crippen molar-refractivity contribution in [1.82, 2.24) is 5.43 Å². The van der Waals surface area contributed by atoms with Crippen LogP contribution in [0.1, 0.15) is 64.2 Å². The summed E-state index contributed by atoms with van der Waals surface area (Å²) >= 11 is 0. The van der Waals surface area contributed by atoms with Crippen LogP contribution < -0.4 is 11.3 Å². The Kier molecular flexibility index (Phi) is 5.22. The van der Waals surface area contributed by atoms with Crippen LogP contribution in [0.2, 0.25) is 0 Å². The van der Waals surface area contributed by atoms with Gasteiger partial charge in [0.25, 0.3) is 0 Å². The Morgan fingerprint density at radius 1 is 1.28 bits per heavy atom. The van der Waals surface area contributed by atoms with Crippen LogP contribution in [0.5, 0.6) is 0 Å². The van der Waals surface area contributed by atoms with Gasteiger partial charge in [0.05, 0.1) is 5.60 Å². The van der Waals surface area contributed by atoms with Gasteiger partial charge in [-0.1, -0.05) is 24.5 Å². The monoisotopic (exact) mass is 252 g/mol. The Morgan fingerprint density at radius 2 is 2.06 bits per heavy atom. The number of allylic oxidation sites excluding steroid dienone is 1. The normalized spacial score (nSPS) is 25.6. The highest BCUT2D eigenvalue weighted by atomic mass is 16.5. The van der Waals surface area contributed by atoms with Gasteiger partial charge in [-0.25, -0.2) is 0 Å². The molecule has 1 fully saturated rings. The number of nitrogens with two attached hydrogens (primary N) is 1. The Balaban J connectivity index is 1.97. The van der Waals surface area contributed by atoms with E-state index in [2.05, 4.69) is 11.5 Å². The molecule has 0 aromatic rings. The molecule has 0 bridgehead atoms. The molecule has 0 aromatic carbocycles. The lowest BCUT2D eigenvalue weighted by atomic mass is 9.74. The van der Waals surface area contributed by atoms with Crippen molar-refractivity contribution in [3.8, 4) is 0 Å². The third-order valence-corrected chi connectivity index (χ3v) is 4.75. The summed E-state index contributed by atoms with van der Waals surface area (Å²) in [6.07, 6.45) is 14.9. The second-order valence-corrected chi connectivity index (χ2v) is 5.90. The molecule has 3 N–H and O–H groups in total. The number of hydrazine groups is 1. The second kappa shape index (κ2) is 6.69. The summed E-state index contributed by atoms with van der Waals surface area (Å²) in [6.45, 7) is 0. The standard InChI is InChI=1S/C15H28N2O/c1-18-15(10-7-11-15)12-14(17-16)13-8-5-3-2-4-6-9-13/h8,14,17H,2-7,9-12,16H2,1H3. The van der Waals surface area contributed by atoms with Crippen LogP contribution in [-0.4, -0.2) is 18.8 Å². The van der Waals surface area contributed by atoms with Crippen molar-refractivity contribution in [3.05, 3.63) is 11.6 Å². The van der Waals surface area contributed by atoms with Gasteiger partial charge < -0.3 is 4.74 Å². The molecule has 2 rings (SSSR count). The van der Waals surface area contributed by atoms with Crippen LogP contribution in [0.3, 0.4) is 0 Å². The SMILES string of the molecule is COC1(CC(NN)C2=CCCCCCC2)CCC1. The Bertz CT molecular complexity index is 279. The highest BCUT2D eigenvalue weighted by Crippen LogP contribution is 2.40. The van der Waals surface area contributed by atoms with Crippen LogP contribution in [0.25, 0.3) is 0 Å². The summed E-state index contributed by atoms with van der Waals surface area (Å²) in [5.74, 6) is 5.79. The van der Waals surface area contributed by atoms with E-state index >= 15 is 0 Å². The molecule has 0 saturated heterocycles. The van der Waals surface area contributed by atoms with E-state index in [4.69, 9.17) is 10.6 Å². The van der Waals surface area contributed by atoms with Gasteiger partial charge in [0.1, 0.15) is 0 Å². The zero-order chi connectivity index (χ0) is 12.8. The first-order valence-corrected chi connectivity index (χ1v) is 7.50. The van der Waals surface area contributed by atoms with E-state index in [-0.39, 0.29) is 5.60 Å². The highest BCUT2D eigenvalue weighted by molar-refractivity contribution is 5.14. The van der Waals surface area contributed by atoms with Gasteiger partial charge in [0.15, 0.2) is 0 Å². The predicted octanol–water partition coefficient (Wildman–Crippen LogP) is 3.06. The summed E-state index contributed by atoms with van der Waals surface area (Å²) in [7, 11) is 1.85. The first-order valence-electron chi connectivity index (χ1n) is 7.50. The molecule has 0 radical (unpaired) electrons. The van der Waals surface area contributed by atoms with Crippen molar-refractivity contribution in [1.29, 1.82) is 0 Å². The maximum absolute atomic E-state index is 5.79. The van der Waals surface area contributed by atoms with E-state index in [0.29, 0.717) is 6.04 Å². The highest BCUT2D eigenvalue weighted by Gasteiger charge is 2.39. The number of hydrogen-bond acceptors (Lipinski definition) is 3. The number of methoxy groups -OCH3 is 1. The number of ether oxygens (including phenoxy) is 1. The smallest absolute Gasteiger partial charge is 0.0697 e. The lowest BCUT2D eigenvalue weighted by Crippen LogP contribution is -2.48. The average molecular weight is 252 g/mol. The Labute approximate surface area is 111 Å². The van der Waals surface area contributed by atoms with Crippen molar-refractivity contribution in [2.45, 2.75) is 75.9 Å². The quantitative estimate of drug-likeness (QED) is 0.449. The molecule has 18 heavy (non-hydrogen) atoms. The molecule has 1 unspecified atom stereocenters. The molecule has 0 aliphatic heterocycles. The fourth-order valence-corrected chi connectivity index (χ4v) is 3.26. The lowest BCUT2D eigenvalue weighted by Gasteiger charge is -2.43. The third-order valence-electron chi connectivity index (χ3n) is 4.75. The molecular formula is C15H28N2O. The predicted molar refractivity (Wildman–Crippen MR) is 75.1 cm³/mol. The van der Waals surface area contributed by atoms with Crippen molar-refractivity contribution in [3.63, 3.8) is 0 Å². The molecule has 2 aliphatic rings. The minimum atomic E-state index is 0.0975. The summed E-state index contributed by atoms with van der Waals surface area (Å²) in [6, 6.07) is 0.309. The van der Waals surface area contributed by atoms with E-state index in [1.54, 1.807) is 0 Å².